The second kappa shape index (κ2) is 7.90. The number of imidazole rings is 1. The molecule has 2 atom stereocenters. The lowest BCUT2D eigenvalue weighted by Crippen LogP contribution is -2.44. The highest BCUT2D eigenvalue weighted by Gasteiger charge is 2.37. The molecule has 0 aromatic carbocycles. The molecule has 0 bridgehead atoms. The number of fused-ring (bicyclic) bond motifs is 1. The summed E-state index contributed by atoms with van der Waals surface area (Å²) >= 11 is 0. The Morgan fingerprint density at radius 1 is 1.46 bits per heavy atom. The Bertz CT molecular complexity index is 852. The Labute approximate surface area is 159 Å². The van der Waals surface area contributed by atoms with Crippen molar-refractivity contribution in [2.75, 3.05) is 18.5 Å². The molecule has 1 N–H and O–H groups in total. The van der Waals surface area contributed by atoms with Gasteiger partial charge in [0.15, 0.2) is 5.69 Å². The highest BCUT2D eigenvalue weighted by atomic mass is 19.4. The van der Waals surface area contributed by atoms with Crippen molar-refractivity contribution in [1.82, 2.24) is 19.6 Å². The molecule has 1 aliphatic heterocycles. The first-order valence-electron chi connectivity index (χ1n) is 8.98. The van der Waals surface area contributed by atoms with Crippen molar-refractivity contribution in [3.63, 3.8) is 0 Å². The summed E-state index contributed by atoms with van der Waals surface area (Å²) in [7, 11) is 0. The largest absolute Gasteiger partial charge is 0.458 e. The van der Waals surface area contributed by atoms with Gasteiger partial charge in [-0.15, -0.1) is 5.10 Å². The molecule has 2 aromatic rings. The highest BCUT2D eigenvalue weighted by Crippen LogP contribution is 2.32. The number of hydrogen-bond acceptors (Lipinski definition) is 7. The number of carbonyl (C=O) groups excluding carboxylic acids is 1. The molecule has 11 heteroatoms. The lowest BCUT2D eigenvalue weighted by molar-refractivity contribution is -0.153. The first kappa shape index (κ1) is 20.3. The molecule has 0 radical (unpaired) electrons. The van der Waals surface area contributed by atoms with Crippen LogP contribution in [-0.2, 0) is 26.9 Å². The van der Waals surface area contributed by atoms with E-state index in [2.05, 4.69) is 20.4 Å². The zero-order valence-electron chi connectivity index (χ0n) is 15.8. The Morgan fingerprint density at radius 2 is 2.21 bits per heavy atom. The normalized spacial score (nSPS) is 20.5. The maximum atomic E-state index is 13.3. The lowest BCUT2D eigenvalue weighted by Gasteiger charge is -2.31. The number of alkyl halides is 3. The van der Waals surface area contributed by atoms with Crippen molar-refractivity contribution in [2.24, 2.45) is 5.92 Å². The summed E-state index contributed by atoms with van der Waals surface area (Å²) in [5.74, 6) is 0.00295. The fourth-order valence-electron chi connectivity index (χ4n) is 3.09. The van der Waals surface area contributed by atoms with Gasteiger partial charge in [-0.05, 0) is 12.3 Å². The average Bonchev–Trinajstić information content (AvgIpc) is 2.94. The summed E-state index contributed by atoms with van der Waals surface area (Å²) in [4.78, 5) is 19.1. The number of esters is 1. The van der Waals surface area contributed by atoms with Gasteiger partial charge in [0.25, 0.3) is 0 Å². The van der Waals surface area contributed by atoms with E-state index >= 15 is 0 Å². The fourth-order valence-corrected chi connectivity index (χ4v) is 3.09. The summed E-state index contributed by atoms with van der Waals surface area (Å²) in [5, 5.41) is 7.27. The van der Waals surface area contributed by atoms with Gasteiger partial charge in [-0.25, -0.2) is 14.5 Å². The molecule has 2 unspecified atom stereocenters. The van der Waals surface area contributed by atoms with E-state index in [0.29, 0.717) is 19.4 Å². The van der Waals surface area contributed by atoms with Crippen LogP contribution in [0.25, 0.3) is 5.52 Å². The number of rotatable bonds is 5. The fraction of sp³-hybridized carbons (Fsp3) is 0.647. The number of hydrogen-bond donors (Lipinski definition) is 1. The minimum absolute atomic E-state index is 0.0990. The Hall–Kier alpha value is -2.43. The molecule has 0 amide bonds. The maximum Gasteiger partial charge on any atom is 0.435 e. The highest BCUT2D eigenvalue weighted by molar-refractivity contribution is 5.66. The van der Waals surface area contributed by atoms with Gasteiger partial charge in [0.05, 0.1) is 18.8 Å². The minimum atomic E-state index is -4.60. The van der Waals surface area contributed by atoms with E-state index in [1.165, 1.54) is 11.4 Å². The van der Waals surface area contributed by atoms with Crippen molar-refractivity contribution >= 4 is 17.4 Å². The number of halogens is 3. The molecule has 2 aromatic heterocycles. The average molecular weight is 401 g/mol. The van der Waals surface area contributed by atoms with Gasteiger partial charge in [0, 0.05) is 20.0 Å². The standard InChI is InChI=1S/C17H22F3N5O3/c1-9(2)6-14-23-15(17(18,19)20)12-7-21-16(24-25(12)14)22-11-4-5-27-8-13(11)28-10(3)26/h7,9,11,13H,4-6,8H2,1-3H3,(H,22,24). The second-order valence-electron chi connectivity index (χ2n) is 7.11. The van der Waals surface area contributed by atoms with E-state index < -0.39 is 23.9 Å². The third-order valence-electron chi connectivity index (χ3n) is 4.26. The van der Waals surface area contributed by atoms with Crippen LogP contribution >= 0.6 is 0 Å². The molecular formula is C17H22F3N5O3. The SMILES string of the molecule is CC(=O)OC1COCCC1Nc1ncc2c(C(F)(F)F)nc(CC(C)C)n2n1. The molecular weight excluding hydrogens is 379 g/mol. The number of aromatic nitrogens is 4. The summed E-state index contributed by atoms with van der Waals surface area (Å²) in [6.45, 7) is 5.76. The molecule has 154 valence electrons. The third-order valence-corrected chi connectivity index (χ3v) is 4.26. The van der Waals surface area contributed by atoms with Crippen LogP contribution in [0.2, 0.25) is 0 Å². The Kier molecular flexibility index (Phi) is 5.73. The monoisotopic (exact) mass is 401 g/mol. The van der Waals surface area contributed by atoms with Crippen LogP contribution in [0.15, 0.2) is 6.20 Å². The van der Waals surface area contributed by atoms with E-state index in [-0.39, 0.29) is 35.9 Å². The molecule has 0 aliphatic carbocycles. The quantitative estimate of drug-likeness (QED) is 0.770. The molecule has 3 heterocycles. The van der Waals surface area contributed by atoms with Gasteiger partial charge in [-0.3, -0.25) is 4.79 Å². The smallest absolute Gasteiger partial charge is 0.435 e. The molecule has 0 spiro atoms. The molecule has 8 nitrogen and oxygen atoms in total. The number of ether oxygens (including phenoxy) is 2. The van der Waals surface area contributed by atoms with Crippen molar-refractivity contribution in [2.45, 2.75) is 51.9 Å². The molecule has 1 fully saturated rings. The summed E-state index contributed by atoms with van der Waals surface area (Å²) in [5.41, 5.74) is -1.20. The van der Waals surface area contributed by atoms with Crippen LogP contribution in [0.5, 0.6) is 0 Å². The van der Waals surface area contributed by atoms with E-state index in [9.17, 15) is 18.0 Å². The number of carbonyl (C=O) groups is 1. The van der Waals surface area contributed by atoms with E-state index in [4.69, 9.17) is 9.47 Å². The van der Waals surface area contributed by atoms with Crippen molar-refractivity contribution in [1.29, 1.82) is 0 Å². The predicted octanol–water partition coefficient (Wildman–Crippen LogP) is 2.47. The molecule has 1 saturated heterocycles. The zero-order chi connectivity index (χ0) is 20.5. The molecule has 3 rings (SSSR count). The Balaban J connectivity index is 1.93. The van der Waals surface area contributed by atoms with E-state index in [0.717, 1.165) is 6.20 Å². The van der Waals surface area contributed by atoms with Crippen LogP contribution in [0.1, 0.15) is 38.7 Å². The molecule has 0 saturated carbocycles. The van der Waals surface area contributed by atoms with Gasteiger partial charge in [0.2, 0.25) is 5.95 Å². The number of anilines is 1. The van der Waals surface area contributed by atoms with Crippen LogP contribution in [0, 0.1) is 5.92 Å². The van der Waals surface area contributed by atoms with Gasteiger partial charge >= 0.3 is 12.1 Å². The molecule has 1 aliphatic rings. The topological polar surface area (TPSA) is 90.6 Å². The van der Waals surface area contributed by atoms with Gasteiger partial charge in [-0.2, -0.15) is 13.2 Å². The van der Waals surface area contributed by atoms with Crippen LogP contribution < -0.4 is 5.32 Å². The van der Waals surface area contributed by atoms with Crippen molar-refractivity contribution in [3.8, 4) is 0 Å². The van der Waals surface area contributed by atoms with E-state index in [1.54, 1.807) is 0 Å². The minimum Gasteiger partial charge on any atom is -0.458 e. The lowest BCUT2D eigenvalue weighted by atomic mass is 10.1. The van der Waals surface area contributed by atoms with Crippen LogP contribution in [0.3, 0.4) is 0 Å². The number of nitrogens with zero attached hydrogens (tertiary/aromatic N) is 4. The zero-order valence-corrected chi connectivity index (χ0v) is 15.8. The Morgan fingerprint density at radius 3 is 2.86 bits per heavy atom. The van der Waals surface area contributed by atoms with E-state index in [1.807, 2.05) is 13.8 Å². The maximum absolute atomic E-state index is 13.3. The van der Waals surface area contributed by atoms with Crippen LogP contribution in [-0.4, -0.2) is 50.9 Å². The summed E-state index contributed by atoms with van der Waals surface area (Å²) in [6.07, 6.45) is -3.15. The predicted molar refractivity (Wildman–Crippen MR) is 92.7 cm³/mol. The molecule has 28 heavy (non-hydrogen) atoms. The third kappa shape index (κ3) is 4.51. The summed E-state index contributed by atoms with van der Waals surface area (Å²) in [6, 6.07) is -0.311. The van der Waals surface area contributed by atoms with Crippen LogP contribution in [0.4, 0.5) is 19.1 Å². The first-order chi connectivity index (χ1) is 13.1. The van der Waals surface area contributed by atoms with Gasteiger partial charge in [0.1, 0.15) is 17.4 Å². The van der Waals surface area contributed by atoms with Gasteiger partial charge < -0.3 is 14.8 Å². The number of nitrogens with one attached hydrogen (secondary N) is 1. The summed E-state index contributed by atoms with van der Waals surface area (Å²) < 4.78 is 51.7. The van der Waals surface area contributed by atoms with Gasteiger partial charge in [-0.1, -0.05) is 13.8 Å². The first-order valence-corrected chi connectivity index (χ1v) is 8.98. The second-order valence-corrected chi connectivity index (χ2v) is 7.11. The van der Waals surface area contributed by atoms with Crippen molar-refractivity contribution in [3.05, 3.63) is 17.7 Å². The van der Waals surface area contributed by atoms with Crippen molar-refractivity contribution < 1.29 is 27.4 Å².